The van der Waals surface area contributed by atoms with E-state index in [1.165, 1.54) is 44.4 Å². The zero-order valence-corrected chi connectivity index (χ0v) is 27.5. The molecule has 4 aliphatic heterocycles. The standard InChI is InChI=1S/C36H45FN8O2/c1-22(2)33(24-9-28(10-24)44-13-25-15-46-16-26(25)14-44)45-18-36(19-45)7-8-43(17-36)34-35(42-41-21-40-34)47-31-6-5-27(37)11-29(31)30-12-38-20-39-32(30)23-3-4-23/h5-6,11-12,20-26,28,33H,3-4,7-10,13-19H2,1-2H3/t24?,25-,26+,28?,33-/m1/s1. The summed E-state index contributed by atoms with van der Waals surface area (Å²) in [6, 6.07) is 5.98. The van der Waals surface area contributed by atoms with E-state index < -0.39 is 0 Å². The highest BCUT2D eigenvalue weighted by Gasteiger charge is 2.54. The molecule has 3 aromatic rings. The van der Waals surface area contributed by atoms with Gasteiger partial charge in [-0.15, -0.1) is 10.2 Å². The lowest BCUT2D eigenvalue weighted by Gasteiger charge is -2.57. The predicted molar refractivity (Wildman–Crippen MR) is 175 cm³/mol. The van der Waals surface area contributed by atoms with Gasteiger partial charge in [-0.2, -0.15) is 0 Å². The lowest BCUT2D eigenvalue weighted by Crippen LogP contribution is -2.65. The highest BCUT2D eigenvalue weighted by Crippen LogP contribution is 2.49. The van der Waals surface area contributed by atoms with Crippen molar-refractivity contribution in [1.82, 2.24) is 34.9 Å². The first-order valence-electron chi connectivity index (χ1n) is 17.7. The van der Waals surface area contributed by atoms with E-state index in [2.05, 4.69) is 53.7 Å². The van der Waals surface area contributed by atoms with Gasteiger partial charge in [-0.25, -0.2) is 19.3 Å². The highest BCUT2D eigenvalue weighted by atomic mass is 19.1. The Morgan fingerprint density at radius 3 is 2.57 bits per heavy atom. The molecule has 2 aliphatic carbocycles. The molecule has 248 valence electrons. The summed E-state index contributed by atoms with van der Waals surface area (Å²) in [5.41, 5.74) is 2.62. The minimum absolute atomic E-state index is 0.256. The van der Waals surface area contributed by atoms with Crippen LogP contribution >= 0.6 is 0 Å². The summed E-state index contributed by atoms with van der Waals surface area (Å²) < 4.78 is 26.7. The van der Waals surface area contributed by atoms with Crippen molar-refractivity contribution in [3.8, 4) is 22.8 Å². The lowest BCUT2D eigenvalue weighted by atomic mass is 9.68. The average Bonchev–Trinajstić information content (AvgIpc) is 3.42. The third kappa shape index (κ3) is 5.48. The van der Waals surface area contributed by atoms with Crippen molar-refractivity contribution < 1.29 is 13.9 Å². The minimum atomic E-state index is -0.336. The van der Waals surface area contributed by atoms with E-state index in [1.54, 1.807) is 18.6 Å². The molecule has 0 amide bonds. The number of hydrogen-bond donors (Lipinski definition) is 0. The van der Waals surface area contributed by atoms with Gasteiger partial charge >= 0.3 is 0 Å². The molecule has 6 fully saturated rings. The van der Waals surface area contributed by atoms with Crippen molar-refractivity contribution in [3.05, 3.63) is 48.6 Å². The molecule has 0 unspecified atom stereocenters. The molecule has 2 aromatic heterocycles. The number of hydrogen-bond acceptors (Lipinski definition) is 10. The fourth-order valence-electron chi connectivity index (χ4n) is 9.57. The third-order valence-electron chi connectivity index (χ3n) is 12.1. The van der Waals surface area contributed by atoms with Gasteiger partial charge in [0.25, 0.3) is 5.88 Å². The zero-order valence-electron chi connectivity index (χ0n) is 27.5. The monoisotopic (exact) mass is 640 g/mol. The number of halogens is 1. The average molecular weight is 641 g/mol. The fourth-order valence-corrected chi connectivity index (χ4v) is 9.57. The number of aromatic nitrogens is 5. The maximum Gasteiger partial charge on any atom is 0.282 e. The highest BCUT2D eigenvalue weighted by molar-refractivity contribution is 5.73. The van der Waals surface area contributed by atoms with Crippen molar-refractivity contribution >= 4 is 5.82 Å². The second kappa shape index (κ2) is 11.7. The van der Waals surface area contributed by atoms with Crippen LogP contribution in [-0.4, -0.2) is 99.5 Å². The SMILES string of the molecule is CC(C)[C@H](C1CC(N2C[C@H]3COC[C@H]3C2)C1)N1CC2(CCN(c3ncnnc3Oc3ccc(F)cc3-c3cncnc3C3CC3)C2)C1. The molecule has 47 heavy (non-hydrogen) atoms. The van der Waals surface area contributed by atoms with Gasteiger partial charge in [0.15, 0.2) is 5.82 Å². The summed E-state index contributed by atoms with van der Waals surface area (Å²) in [5, 5.41) is 8.45. The molecular formula is C36H45FN8O2. The zero-order chi connectivity index (χ0) is 31.7. The number of fused-ring (bicyclic) bond motifs is 1. The number of rotatable bonds is 9. The molecule has 2 saturated carbocycles. The molecule has 0 bridgehead atoms. The van der Waals surface area contributed by atoms with Gasteiger partial charge in [0.1, 0.15) is 24.2 Å². The summed E-state index contributed by atoms with van der Waals surface area (Å²) >= 11 is 0. The van der Waals surface area contributed by atoms with Crippen molar-refractivity contribution in [3.63, 3.8) is 0 Å². The second-order valence-corrected chi connectivity index (χ2v) is 15.6. The summed E-state index contributed by atoms with van der Waals surface area (Å²) in [7, 11) is 0. The largest absolute Gasteiger partial charge is 0.434 e. The Kier molecular flexibility index (Phi) is 7.43. The Morgan fingerprint density at radius 2 is 1.81 bits per heavy atom. The van der Waals surface area contributed by atoms with Crippen LogP contribution in [0, 0.1) is 34.9 Å². The van der Waals surface area contributed by atoms with Crippen LogP contribution in [0.1, 0.15) is 57.6 Å². The second-order valence-electron chi connectivity index (χ2n) is 15.6. The van der Waals surface area contributed by atoms with Crippen LogP contribution in [0.5, 0.6) is 11.6 Å². The van der Waals surface area contributed by atoms with Crippen LogP contribution in [0.25, 0.3) is 11.1 Å². The van der Waals surface area contributed by atoms with Gasteiger partial charge in [0.05, 0.1) is 18.9 Å². The molecular weight excluding hydrogens is 595 g/mol. The Labute approximate surface area is 276 Å². The fraction of sp³-hybridized carbons (Fsp3) is 0.639. The first-order valence-corrected chi connectivity index (χ1v) is 17.7. The van der Waals surface area contributed by atoms with Crippen LogP contribution in [0.2, 0.25) is 0 Å². The van der Waals surface area contributed by atoms with Crippen LogP contribution < -0.4 is 9.64 Å². The van der Waals surface area contributed by atoms with E-state index in [0.717, 1.165) is 93.7 Å². The van der Waals surface area contributed by atoms with Crippen LogP contribution in [-0.2, 0) is 4.74 Å². The first-order chi connectivity index (χ1) is 22.9. The molecule has 3 atom stereocenters. The van der Waals surface area contributed by atoms with E-state index in [4.69, 9.17) is 9.47 Å². The molecule has 1 spiro atoms. The minimum Gasteiger partial charge on any atom is -0.434 e. The number of likely N-dealkylation sites (tertiary alicyclic amines) is 2. The molecule has 10 nitrogen and oxygen atoms in total. The van der Waals surface area contributed by atoms with Gasteiger partial charge in [0.2, 0.25) is 0 Å². The smallest absolute Gasteiger partial charge is 0.282 e. The summed E-state index contributed by atoms with van der Waals surface area (Å²) in [6.45, 7) is 13.3. The molecule has 9 rings (SSSR count). The van der Waals surface area contributed by atoms with Crippen LogP contribution in [0.15, 0.2) is 37.1 Å². The van der Waals surface area contributed by atoms with Gasteiger partial charge in [-0.1, -0.05) is 13.8 Å². The molecule has 6 heterocycles. The molecule has 4 saturated heterocycles. The lowest BCUT2D eigenvalue weighted by molar-refractivity contribution is -0.0792. The number of nitrogens with zero attached hydrogens (tertiary/aromatic N) is 8. The molecule has 0 radical (unpaired) electrons. The molecule has 11 heteroatoms. The van der Waals surface area contributed by atoms with Crippen molar-refractivity contribution in [2.75, 3.05) is 57.4 Å². The van der Waals surface area contributed by atoms with Crippen molar-refractivity contribution in [1.29, 1.82) is 0 Å². The predicted octanol–water partition coefficient (Wildman–Crippen LogP) is 5.03. The van der Waals surface area contributed by atoms with E-state index in [9.17, 15) is 4.39 Å². The summed E-state index contributed by atoms with van der Waals surface area (Å²) in [6.07, 6.45) is 10.8. The quantitative estimate of drug-likeness (QED) is 0.317. The number of anilines is 1. The number of ether oxygens (including phenoxy) is 2. The van der Waals surface area contributed by atoms with E-state index >= 15 is 0 Å². The normalized spacial score (nSPS) is 29.2. The van der Waals surface area contributed by atoms with E-state index in [-0.39, 0.29) is 11.2 Å². The Balaban J connectivity index is 0.870. The summed E-state index contributed by atoms with van der Waals surface area (Å²) in [5.74, 6) is 4.55. The first kappa shape index (κ1) is 29.8. The maximum atomic E-state index is 14.6. The Bertz CT molecular complexity index is 1610. The Hall–Kier alpha value is -3.28. The number of benzene rings is 1. The van der Waals surface area contributed by atoms with Gasteiger partial charge in [-0.05, 0) is 62.1 Å². The van der Waals surface area contributed by atoms with Gasteiger partial charge < -0.3 is 14.4 Å². The van der Waals surface area contributed by atoms with Crippen molar-refractivity contribution in [2.24, 2.45) is 29.1 Å². The van der Waals surface area contributed by atoms with Gasteiger partial charge in [0, 0.05) is 91.8 Å². The molecule has 0 N–H and O–H groups in total. The third-order valence-corrected chi connectivity index (χ3v) is 12.1. The molecule has 1 aromatic carbocycles. The van der Waals surface area contributed by atoms with E-state index in [0.29, 0.717) is 40.9 Å². The topological polar surface area (TPSA) is 92.6 Å². The van der Waals surface area contributed by atoms with Crippen LogP contribution in [0.4, 0.5) is 10.2 Å². The van der Waals surface area contributed by atoms with Crippen molar-refractivity contribution in [2.45, 2.75) is 64.0 Å². The maximum absolute atomic E-state index is 14.6. The Morgan fingerprint density at radius 1 is 1.00 bits per heavy atom. The van der Waals surface area contributed by atoms with Crippen LogP contribution in [0.3, 0.4) is 0 Å². The van der Waals surface area contributed by atoms with Gasteiger partial charge in [-0.3, -0.25) is 9.80 Å². The van der Waals surface area contributed by atoms with E-state index in [1.807, 2.05) is 0 Å². The molecule has 6 aliphatic rings. The summed E-state index contributed by atoms with van der Waals surface area (Å²) in [4.78, 5) is 21.3.